The van der Waals surface area contributed by atoms with Crippen LogP contribution in [0.3, 0.4) is 0 Å². The first-order valence-electron chi connectivity index (χ1n) is 12.0. The van der Waals surface area contributed by atoms with Gasteiger partial charge in [0, 0.05) is 18.9 Å². The lowest BCUT2D eigenvalue weighted by atomic mass is 9.99. The van der Waals surface area contributed by atoms with Crippen LogP contribution < -0.4 is 15.4 Å². The van der Waals surface area contributed by atoms with Crippen molar-refractivity contribution < 1.29 is 33.4 Å². The van der Waals surface area contributed by atoms with Crippen LogP contribution in [0.15, 0.2) is 53.9 Å². The van der Waals surface area contributed by atoms with E-state index in [1.54, 1.807) is 55.6 Å². The first-order chi connectivity index (χ1) is 19.4. The standard InChI is InChI=1S/C27H25N5O7S/c1-37-11-12-39-19-9-7-16(8-10-19)22-24(34)32(27(36)30-22)21(13-17-5-3-4-6-18(17)14-28)23(33)31-26-29-20(15-40-26)25(35)38-2/h3-10,15,21-22H,11-13H2,1-2H3,(H,30,36)(H,29,31,33). The minimum absolute atomic E-state index is 0.00104. The molecular formula is C27H25N5O7S. The molecule has 13 heteroatoms. The van der Waals surface area contributed by atoms with E-state index in [2.05, 4.69) is 26.4 Å². The van der Waals surface area contributed by atoms with Crippen LogP contribution in [0.2, 0.25) is 0 Å². The van der Waals surface area contributed by atoms with Gasteiger partial charge in [-0.2, -0.15) is 5.26 Å². The van der Waals surface area contributed by atoms with Crippen molar-refractivity contribution in [1.29, 1.82) is 5.26 Å². The Morgan fingerprint density at radius 1 is 1.15 bits per heavy atom. The number of benzene rings is 2. The van der Waals surface area contributed by atoms with E-state index in [0.29, 0.717) is 35.7 Å². The fourth-order valence-electron chi connectivity index (χ4n) is 4.05. The van der Waals surface area contributed by atoms with Gasteiger partial charge in [0.25, 0.3) is 5.91 Å². The third kappa shape index (κ3) is 6.25. The Hall–Kier alpha value is -4.80. The van der Waals surface area contributed by atoms with Crippen molar-refractivity contribution in [2.45, 2.75) is 18.5 Å². The van der Waals surface area contributed by atoms with Crippen molar-refractivity contribution in [3.05, 3.63) is 76.3 Å². The van der Waals surface area contributed by atoms with Gasteiger partial charge in [-0.15, -0.1) is 11.3 Å². The van der Waals surface area contributed by atoms with Gasteiger partial charge >= 0.3 is 12.0 Å². The second-order valence-corrected chi connectivity index (χ2v) is 9.37. The third-order valence-electron chi connectivity index (χ3n) is 6.03. The zero-order chi connectivity index (χ0) is 28.6. The second kappa shape index (κ2) is 12.8. The Balaban J connectivity index is 1.60. The summed E-state index contributed by atoms with van der Waals surface area (Å²) >= 11 is 0.983. The number of anilines is 1. The minimum Gasteiger partial charge on any atom is -0.491 e. The quantitative estimate of drug-likeness (QED) is 0.203. The molecule has 0 saturated carbocycles. The number of methoxy groups -OCH3 is 2. The number of aromatic nitrogens is 1. The number of hydrogen-bond donors (Lipinski definition) is 2. The van der Waals surface area contributed by atoms with Crippen LogP contribution >= 0.6 is 11.3 Å². The molecule has 0 aliphatic carbocycles. The molecule has 40 heavy (non-hydrogen) atoms. The van der Waals surface area contributed by atoms with Gasteiger partial charge in [-0.25, -0.2) is 19.5 Å². The van der Waals surface area contributed by atoms with Crippen molar-refractivity contribution in [3.63, 3.8) is 0 Å². The van der Waals surface area contributed by atoms with Gasteiger partial charge in [-0.05, 0) is 29.3 Å². The normalized spacial score (nSPS) is 15.2. The first-order valence-corrected chi connectivity index (χ1v) is 12.9. The first kappa shape index (κ1) is 28.2. The number of urea groups is 1. The molecule has 0 bridgehead atoms. The number of thiazole rings is 1. The summed E-state index contributed by atoms with van der Waals surface area (Å²) in [6.45, 7) is 0.765. The molecule has 1 saturated heterocycles. The van der Waals surface area contributed by atoms with E-state index in [9.17, 15) is 24.4 Å². The molecule has 2 unspecified atom stereocenters. The molecule has 206 valence electrons. The summed E-state index contributed by atoms with van der Waals surface area (Å²) in [6, 6.07) is 12.2. The average molecular weight is 564 g/mol. The Morgan fingerprint density at radius 2 is 1.90 bits per heavy atom. The van der Waals surface area contributed by atoms with Crippen molar-refractivity contribution in [2.24, 2.45) is 0 Å². The lowest BCUT2D eigenvalue weighted by Crippen LogP contribution is -2.49. The molecule has 3 aromatic rings. The van der Waals surface area contributed by atoms with E-state index in [1.807, 2.05) is 0 Å². The highest BCUT2D eigenvalue weighted by Gasteiger charge is 2.45. The minimum atomic E-state index is -1.32. The van der Waals surface area contributed by atoms with Gasteiger partial charge in [0.15, 0.2) is 10.8 Å². The zero-order valence-corrected chi connectivity index (χ0v) is 22.4. The number of rotatable bonds is 11. The number of nitrogens with zero attached hydrogens (tertiary/aromatic N) is 3. The molecule has 1 aliphatic heterocycles. The Labute approximate surface area is 233 Å². The molecule has 4 amide bonds. The maximum atomic E-state index is 13.6. The molecule has 2 N–H and O–H groups in total. The highest BCUT2D eigenvalue weighted by Crippen LogP contribution is 2.28. The van der Waals surface area contributed by atoms with Crippen LogP contribution in [0.4, 0.5) is 9.93 Å². The van der Waals surface area contributed by atoms with Crippen molar-refractivity contribution in [3.8, 4) is 11.8 Å². The summed E-state index contributed by atoms with van der Waals surface area (Å²) in [5.74, 6) is -1.47. The summed E-state index contributed by atoms with van der Waals surface area (Å²) in [7, 11) is 2.77. The molecule has 0 radical (unpaired) electrons. The van der Waals surface area contributed by atoms with Crippen molar-refractivity contribution in [1.82, 2.24) is 15.2 Å². The molecule has 1 aliphatic rings. The number of ether oxygens (including phenoxy) is 3. The number of esters is 1. The second-order valence-electron chi connectivity index (χ2n) is 8.51. The number of amides is 4. The largest absolute Gasteiger partial charge is 0.491 e. The summed E-state index contributed by atoms with van der Waals surface area (Å²) in [5.41, 5.74) is 1.27. The van der Waals surface area contributed by atoms with Crippen LogP contribution in [-0.4, -0.2) is 67.2 Å². The molecule has 12 nitrogen and oxygen atoms in total. The van der Waals surface area contributed by atoms with E-state index in [0.717, 1.165) is 16.2 Å². The summed E-state index contributed by atoms with van der Waals surface area (Å²) in [5, 5.41) is 16.3. The molecule has 2 atom stereocenters. The summed E-state index contributed by atoms with van der Waals surface area (Å²) < 4.78 is 15.2. The third-order valence-corrected chi connectivity index (χ3v) is 6.79. The molecule has 4 rings (SSSR count). The van der Waals surface area contributed by atoms with Gasteiger partial charge in [0.1, 0.15) is 24.4 Å². The molecule has 1 aromatic heterocycles. The van der Waals surface area contributed by atoms with E-state index in [-0.39, 0.29) is 17.2 Å². The van der Waals surface area contributed by atoms with Crippen LogP contribution in [-0.2, 0) is 25.5 Å². The van der Waals surface area contributed by atoms with Gasteiger partial charge in [0.05, 0.1) is 25.3 Å². The number of nitriles is 1. The van der Waals surface area contributed by atoms with Gasteiger partial charge < -0.3 is 24.8 Å². The van der Waals surface area contributed by atoms with Gasteiger partial charge in [0.2, 0.25) is 5.91 Å². The van der Waals surface area contributed by atoms with Crippen LogP contribution in [0.25, 0.3) is 0 Å². The predicted molar refractivity (Wildman–Crippen MR) is 143 cm³/mol. The van der Waals surface area contributed by atoms with E-state index < -0.39 is 35.9 Å². The molecule has 2 aromatic carbocycles. The molecular weight excluding hydrogens is 538 g/mol. The number of nitrogens with one attached hydrogen (secondary N) is 2. The number of carbonyl (C=O) groups is 4. The number of imide groups is 1. The Kier molecular flexibility index (Phi) is 9.05. The fraction of sp³-hybridized carbons (Fsp3) is 0.259. The maximum Gasteiger partial charge on any atom is 0.357 e. The highest BCUT2D eigenvalue weighted by atomic mass is 32.1. The van der Waals surface area contributed by atoms with Crippen LogP contribution in [0.5, 0.6) is 5.75 Å². The lowest BCUT2D eigenvalue weighted by molar-refractivity contribution is -0.134. The van der Waals surface area contributed by atoms with E-state index in [4.69, 9.17) is 9.47 Å². The van der Waals surface area contributed by atoms with E-state index >= 15 is 0 Å². The van der Waals surface area contributed by atoms with Crippen molar-refractivity contribution >= 4 is 40.3 Å². The maximum absolute atomic E-state index is 13.6. The van der Waals surface area contributed by atoms with Gasteiger partial charge in [-0.1, -0.05) is 30.3 Å². The SMILES string of the molecule is COCCOc1ccc(C2NC(=O)N(C(Cc3ccccc3C#N)C(=O)Nc3nc(C(=O)OC)cs3)C2=O)cc1. The summed E-state index contributed by atoms with van der Waals surface area (Å²) in [6.07, 6.45) is -0.122. The topological polar surface area (TPSA) is 160 Å². The van der Waals surface area contributed by atoms with Crippen LogP contribution in [0.1, 0.15) is 33.2 Å². The Morgan fingerprint density at radius 3 is 2.60 bits per heavy atom. The molecule has 2 heterocycles. The van der Waals surface area contributed by atoms with Crippen LogP contribution in [0, 0.1) is 11.3 Å². The smallest absolute Gasteiger partial charge is 0.357 e. The molecule has 1 fully saturated rings. The fourth-order valence-corrected chi connectivity index (χ4v) is 4.73. The van der Waals surface area contributed by atoms with Crippen molar-refractivity contribution in [2.75, 3.05) is 32.8 Å². The highest BCUT2D eigenvalue weighted by molar-refractivity contribution is 7.14. The van der Waals surface area contributed by atoms with E-state index in [1.165, 1.54) is 12.5 Å². The molecule has 0 spiro atoms. The summed E-state index contributed by atoms with van der Waals surface area (Å²) in [4.78, 5) is 56.9. The lowest BCUT2D eigenvalue weighted by Gasteiger charge is -2.24. The Bertz CT molecular complexity index is 1450. The predicted octanol–water partition coefficient (Wildman–Crippen LogP) is 2.67. The van der Waals surface area contributed by atoms with Gasteiger partial charge in [-0.3, -0.25) is 9.59 Å². The zero-order valence-electron chi connectivity index (χ0n) is 21.6. The number of hydrogen-bond acceptors (Lipinski definition) is 10. The monoisotopic (exact) mass is 563 g/mol. The average Bonchev–Trinajstić information content (AvgIpc) is 3.55. The number of carbonyl (C=O) groups excluding carboxylic acids is 4.